The zero-order valence-corrected chi connectivity index (χ0v) is 13.9. The summed E-state index contributed by atoms with van der Waals surface area (Å²) in [7, 11) is -7.98. The summed E-state index contributed by atoms with van der Waals surface area (Å²) in [5, 5.41) is -1.37. The first-order chi connectivity index (χ1) is 10.1. The van der Waals surface area contributed by atoms with E-state index in [9.17, 15) is 22.8 Å². The van der Waals surface area contributed by atoms with E-state index in [2.05, 4.69) is 0 Å². The molecule has 0 aliphatic carbocycles. The van der Waals surface area contributed by atoms with Gasteiger partial charge in [0.1, 0.15) is 0 Å². The lowest BCUT2D eigenvalue weighted by molar-refractivity contribution is 0.338. The standard InChI is InChI=1S/C15H17O5PS/c1-15(2,21(16,17)18)12-8-10-14(11-9-12)22(19,20)13-6-4-3-5-7-13/h3-11H,1-2H3,(H2,16,17,18). The minimum absolute atomic E-state index is 0.0870. The Bertz CT molecular complexity index is 805. The van der Waals surface area contributed by atoms with Crippen LogP contribution >= 0.6 is 7.60 Å². The summed E-state index contributed by atoms with van der Waals surface area (Å²) in [6.07, 6.45) is 0. The van der Waals surface area contributed by atoms with Crippen molar-refractivity contribution in [1.82, 2.24) is 0 Å². The lowest BCUT2D eigenvalue weighted by atomic mass is 10.0. The molecule has 2 aromatic rings. The molecule has 2 rings (SSSR count). The van der Waals surface area contributed by atoms with Gasteiger partial charge in [0.15, 0.2) is 0 Å². The summed E-state index contributed by atoms with van der Waals surface area (Å²) >= 11 is 0. The monoisotopic (exact) mass is 340 g/mol. The number of hydrogen-bond acceptors (Lipinski definition) is 3. The average molecular weight is 340 g/mol. The summed E-state index contributed by atoms with van der Waals surface area (Å²) in [6, 6.07) is 13.6. The maximum Gasteiger partial charge on any atom is 0.335 e. The Morgan fingerprint density at radius 1 is 0.864 bits per heavy atom. The quantitative estimate of drug-likeness (QED) is 0.835. The van der Waals surface area contributed by atoms with Gasteiger partial charge in [-0.25, -0.2) is 8.42 Å². The fraction of sp³-hybridized carbons (Fsp3) is 0.200. The third-order valence-corrected chi connectivity index (χ3v) is 7.15. The van der Waals surface area contributed by atoms with Gasteiger partial charge in [0.2, 0.25) is 9.84 Å². The van der Waals surface area contributed by atoms with Gasteiger partial charge in [0.25, 0.3) is 0 Å². The van der Waals surface area contributed by atoms with Crippen molar-refractivity contribution in [2.24, 2.45) is 0 Å². The third-order valence-electron chi connectivity index (χ3n) is 3.65. The van der Waals surface area contributed by atoms with Crippen LogP contribution in [0.1, 0.15) is 19.4 Å². The van der Waals surface area contributed by atoms with E-state index in [0.29, 0.717) is 5.56 Å². The van der Waals surface area contributed by atoms with Crippen LogP contribution in [0.3, 0.4) is 0 Å². The molecule has 0 saturated heterocycles. The molecule has 118 valence electrons. The maximum atomic E-state index is 12.4. The van der Waals surface area contributed by atoms with Crippen molar-refractivity contribution in [3.63, 3.8) is 0 Å². The molecular weight excluding hydrogens is 323 g/mol. The van der Waals surface area contributed by atoms with E-state index in [1.807, 2.05) is 0 Å². The number of sulfone groups is 1. The van der Waals surface area contributed by atoms with Crippen molar-refractivity contribution in [1.29, 1.82) is 0 Å². The second-order valence-electron chi connectivity index (χ2n) is 5.44. The molecule has 7 heteroatoms. The van der Waals surface area contributed by atoms with Crippen LogP contribution in [-0.2, 0) is 19.6 Å². The van der Waals surface area contributed by atoms with Crippen LogP contribution in [0.25, 0.3) is 0 Å². The minimum Gasteiger partial charge on any atom is -0.324 e. The molecule has 0 atom stereocenters. The lowest BCUT2D eigenvalue weighted by Gasteiger charge is -2.26. The molecule has 0 saturated carbocycles. The van der Waals surface area contributed by atoms with Gasteiger partial charge in [-0.2, -0.15) is 0 Å². The van der Waals surface area contributed by atoms with E-state index in [4.69, 9.17) is 0 Å². The van der Waals surface area contributed by atoms with Crippen LogP contribution in [-0.4, -0.2) is 18.2 Å². The van der Waals surface area contributed by atoms with Gasteiger partial charge >= 0.3 is 7.60 Å². The Kier molecular flexibility index (Phi) is 4.33. The molecule has 0 aliphatic rings. The molecule has 0 fully saturated rings. The molecular formula is C15H17O5PS. The Labute approximate surface area is 129 Å². The normalized spacial score (nSPS) is 13.1. The molecule has 0 radical (unpaired) electrons. The highest BCUT2D eigenvalue weighted by Gasteiger charge is 2.39. The Hall–Kier alpha value is -1.46. The van der Waals surface area contributed by atoms with Crippen molar-refractivity contribution in [3.8, 4) is 0 Å². The van der Waals surface area contributed by atoms with Gasteiger partial charge in [-0.3, -0.25) is 4.57 Å². The molecule has 0 aromatic heterocycles. The molecule has 0 amide bonds. The summed E-state index contributed by atoms with van der Waals surface area (Å²) in [5.41, 5.74) is 0.382. The zero-order valence-electron chi connectivity index (χ0n) is 12.2. The summed E-state index contributed by atoms with van der Waals surface area (Å²) in [5.74, 6) is 0. The highest BCUT2D eigenvalue weighted by Crippen LogP contribution is 2.56. The topological polar surface area (TPSA) is 91.7 Å². The number of rotatable bonds is 4. The van der Waals surface area contributed by atoms with Gasteiger partial charge in [-0.15, -0.1) is 0 Å². The number of benzene rings is 2. The van der Waals surface area contributed by atoms with Crippen molar-refractivity contribution in [2.45, 2.75) is 28.8 Å². The van der Waals surface area contributed by atoms with Crippen LogP contribution in [0.15, 0.2) is 64.4 Å². The lowest BCUT2D eigenvalue weighted by Crippen LogP contribution is -2.17. The first-order valence-electron chi connectivity index (χ1n) is 6.53. The van der Waals surface area contributed by atoms with Gasteiger partial charge in [0.05, 0.1) is 14.9 Å². The molecule has 2 aromatic carbocycles. The predicted octanol–water partition coefficient (Wildman–Crippen LogP) is 2.93. The predicted molar refractivity (Wildman–Crippen MR) is 83.4 cm³/mol. The third kappa shape index (κ3) is 3.01. The first-order valence-corrected chi connectivity index (χ1v) is 9.63. The maximum absolute atomic E-state index is 12.4. The van der Waals surface area contributed by atoms with Crippen LogP contribution in [0.2, 0.25) is 0 Å². The van der Waals surface area contributed by atoms with Gasteiger partial charge in [-0.1, -0.05) is 30.3 Å². The van der Waals surface area contributed by atoms with E-state index in [1.54, 1.807) is 18.2 Å². The SMILES string of the molecule is CC(C)(c1ccc(S(=O)(=O)c2ccccc2)cc1)P(=O)(O)O. The largest absolute Gasteiger partial charge is 0.335 e. The van der Waals surface area contributed by atoms with E-state index in [1.165, 1.54) is 50.2 Å². The smallest absolute Gasteiger partial charge is 0.324 e. The molecule has 0 spiro atoms. The van der Waals surface area contributed by atoms with Gasteiger partial charge < -0.3 is 9.79 Å². The zero-order chi connectivity index (χ0) is 16.6. The van der Waals surface area contributed by atoms with Crippen LogP contribution in [0, 0.1) is 0 Å². The Morgan fingerprint density at radius 3 is 1.77 bits per heavy atom. The van der Waals surface area contributed by atoms with Gasteiger partial charge in [0, 0.05) is 0 Å². The van der Waals surface area contributed by atoms with Crippen LogP contribution < -0.4 is 0 Å². The Morgan fingerprint density at radius 2 is 1.32 bits per heavy atom. The molecule has 0 aliphatic heterocycles. The summed E-state index contributed by atoms with van der Waals surface area (Å²) in [4.78, 5) is 19.1. The highest BCUT2D eigenvalue weighted by molar-refractivity contribution is 7.91. The fourth-order valence-corrected chi connectivity index (χ4v) is 3.71. The average Bonchev–Trinajstić information content (AvgIpc) is 2.47. The van der Waals surface area contributed by atoms with Crippen molar-refractivity contribution in [3.05, 3.63) is 60.2 Å². The van der Waals surface area contributed by atoms with Crippen molar-refractivity contribution < 1.29 is 22.8 Å². The molecule has 2 N–H and O–H groups in total. The number of hydrogen-bond donors (Lipinski definition) is 2. The molecule has 0 unspecified atom stereocenters. The summed E-state index contributed by atoms with van der Waals surface area (Å²) < 4.78 is 36.4. The highest BCUT2D eigenvalue weighted by atomic mass is 32.2. The van der Waals surface area contributed by atoms with E-state index in [0.717, 1.165) is 0 Å². The molecule has 22 heavy (non-hydrogen) atoms. The van der Waals surface area contributed by atoms with Crippen LogP contribution in [0.5, 0.6) is 0 Å². The Balaban J connectivity index is 2.45. The first kappa shape index (κ1) is 16.9. The fourth-order valence-electron chi connectivity index (χ4n) is 1.95. The van der Waals surface area contributed by atoms with Gasteiger partial charge in [-0.05, 0) is 43.7 Å². The molecule has 0 bridgehead atoms. The molecule has 5 nitrogen and oxygen atoms in total. The minimum atomic E-state index is -4.35. The summed E-state index contributed by atoms with van der Waals surface area (Å²) in [6.45, 7) is 2.85. The second kappa shape index (κ2) is 5.63. The van der Waals surface area contributed by atoms with E-state index >= 15 is 0 Å². The van der Waals surface area contributed by atoms with Crippen molar-refractivity contribution >= 4 is 17.4 Å². The van der Waals surface area contributed by atoms with Crippen LogP contribution in [0.4, 0.5) is 0 Å². The van der Waals surface area contributed by atoms with E-state index in [-0.39, 0.29) is 9.79 Å². The van der Waals surface area contributed by atoms with Crippen molar-refractivity contribution in [2.75, 3.05) is 0 Å². The molecule has 0 heterocycles. The second-order valence-corrected chi connectivity index (χ2v) is 9.60. The van der Waals surface area contributed by atoms with E-state index < -0.39 is 22.6 Å².